The molecule has 148 valence electrons. The third-order valence-corrected chi connectivity index (χ3v) is 4.94. The van der Waals surface area contributed by atoms with Crippen LogP contribution in [0.5, 0.6) is 0 Å². The maximum Gasteiger partial charge on any atom is 0.251 e. The Morgan fingerprint density at radius 2 is 1.90 bits per heavy atom. The number of carbonyl (C=O) groups excluding carboxylic acids is 2. The lowest BCUT2D eigenvalue weighted by Crippen LogP contribution is -2.24. The van der Waals surface area contributed by atoms with Crippen LogP contribution < -0.4 is 5.32 Å². The van der Waals surface area contributed by atoms with Gasteiger partial charge < -0.3 is 14.7 Å². The summed E-state index contributed by atoms with van der Waals surface area (Å²) < 4.78 is 5.23. The summed E-state index contributed by atoms with van der Waals surface area (Å²) in [5.41, 5.74) is 3.57. The van der Waals surface area contributed by atoms with Gasteiger partial charge in [-0.15, -0.1) is 0 Å². The normalized spacial score (nSPS) is 13.7. The number of aryl methyl sites for hydroxylation is 1. The van der Waals surface area contributed by atoms with E-state index in [1.165, 1.54) is 0 Å². The predicted molar refractivity (Wildman–Crippen MR) is 107 cm³/mol. The van der Waals surface area contributed by atoms with Crippen molar-refractivity contribution in [3.63, 3.8) is 0 Å². The highest BCUT2D eigenvalue weighted by Gasteiger charge is 2.20. The molecule has 2 heterocycles. The van der Waals surface area contributed by atoms with Crippen LogP contribution in [0.15, 0.2) is 53.1 Å². The second-order valence-corrected chi connectivity index (χ2v) is 7.18. The van der Waals surface area contributed by atoms with Gasteiger partial charge in [0, 0.05) is 30.6 Å². The number of nitrogens with one attached hydrogen (secondary N) is 1. The second-order valence-electron chi connectivity index (χ2n) is 7.18. The van der Waals surface area contributed by atoms with Gasteiger partial charge >= 0.3 is 0 Å². The Morgan fingerprint density at radius 1 is 1.14 bits per heavy atom. The Hall–Kier alpha value is -3.48. The molecule has 1 saturated heterocycles. The summed E-state index contributed by atoms with van der Waals surface area (Å²) in [6.45, 7) is 3.56. The second kappa shape index (κ2) is 8.26. The Bertz CT molecular complexity index is 1010. The van der Waals surface area contributed by atoms with Crippen molar-refractivity contribution < 1.29 is 14.1 Å². The molecule has 1 fully saturated rings. The van der Waals surface area contributed by atoms with Gasteiger partial charge in [0.2, 0.25) is 17.6 Å². The zero-order chi connectivity index (χ0) is 20.2. The minimum atomic E-state index is -0.219. The topological polar surface area (TPSA) is 88.3 Å². The number of amides is 2. The first-order chi connectivity index (χ1) is 14.1. The summed E-state index contributed by atoms with van der Waals surface area (Å²) in [6, 6.07) is 15.1. The lowest BCUT2D eigenvalue weighted by molar-refractivity contribution is -0.128. The minimum Gasteiger partial charge on any atom is -0.343 e. The molecule has 0 unspecified atom stereocenters. The molecule has 1 N–H and O–H groups in total. The van der Waals surface area contributed by atoms with Gasteiger partial charge in [0.05, 0.1) is 6.54 Å². The molecule has 0 saturated carbocycles. The first-order valence-electron chi connectivity index (χ1n) is 9.63. The van der Waals surface area contributed by atoms with E-state index in [2.05, 4.69) is 15.5 Å². The Morgan fingerprint density at radius 3 is 2.59 bits per heavy atom. The van der Waals surface area contributed by atoms with Crippen LogP contribution in [-0.2, 0) is 17.9 Å². The third kappa shape index (κ3) is 4.51. The molecule has 1 aliphatic rings. The number of hydrogen-bond acceptors (Lipinski definition) is 5. The largest absolute Gasteiger partial charge is 0.343 e. The Balaban J connectivity index is 1.32. The van der Waals surface area contributed by atoms with E-state index in [9.17, 15) is 9.59 Å². The van der Waals surface area contributed by atoms with Crippen molar-refractivity contribution in [1.29, 1.82) is 0 Å². The minimum absolute atomic E-state index is 0.154. The molecule has 7 heteroatoms. The van der Waals surface area contributed by atoms with Crippen LogP contribution in [0.25, 0.3) is 11.4 Å². The molecule has 3 aromatic rings. The van der Waals surface area contributed by atoms with Crippen molar-refractivity contribution >= 4 is 11.8 Å². The fourth-order valence-electron chi connectivity index (χ4n) is 3.26. The summed E-state index contributed by atoms with van der Waals surface area (Å²) >= 11 is 0. The lowest BCUT2D eigenvalue weighted by atomic mass is 10.1. The summed E-state index contributed by atoms with van der Waals surface area (Å²) in [5.74, 6) is 0.813. The highest BCUT2D eigenvalue weighted by atomic mass is 16.5. The van der Waals surface area contributed by atoms with Crippen LogP contribution in [0.1, 0.15) is 40.2 Å². The van der Waals surface area contributed by atoms with Gasteiger partial charge in [0.1, 0.15) is 0 Å². The van der Waals surface area contributed by atoms with Gasteiger partial charge in [-0.2, -0.15) is 4.98 Å². The Kier molecular flexibility index (Phi) is 5.37. The van der Waals surface area contributed by atoms with E-state index in [0.29, 0.717) is 30.2 Å². The molecule has 29 heavy (non-hydrogen) atoms. The van der Waals surface area contributed by atoms with E-state index >= 15 is 0 Å². The first kappa shape index (κ1) is 18.9. The zero-order valence-corrected chi connectivity index (χ0v) is 16.2. The van der Waals surface area contributed by atoms with Gasteiger partial charge in [-0.05, 0) is 31.0 Å². The number of nitrogens with zero attached hydrogens (tertiary/aromatic N) is 3. The zero-order valence-electron chi connectivity index (χ0n) is 16.2. The average molecular weight is 390 g/mol. The highest BCUT2D eigenvalue weighted by molar-refractivity contribution is 5.94. The standard InChI is InChI=1S/C22H22N4O3/c1-15-4-8-17(9-5-15)21-24-19(29-25-21)13-23-22(28)18-10-6-16(7-11-18)14-26-12-2-3-20(26)27/h4-11H,2-3,12-14H2,1H3,(H,23,28). The first-order valence-corrected chi connectivity index (χ1v) is 9.63. The third-order valence-electron chi connectivity index (χ3n) is 4.94. The van der Waals surface area contributed by atoms with E-state index < -0.39 is 0 Å². The fourth-order valence-corrected chi connectivity index (χ4v) is 3.26. The van der Waals surface area contributed by atoms with Crippen LogP contribution in [0, 0.1) is 6.92 Å². The molecule has 0 aliphatic carbocycles. The number of likely N-dealkylation sites (tertiary alicyclic amines) is 1. The van der Waals surface area contributed by atoms with Crippen molar-refractivity contribution in [2.45, 2.75) is 32.9 Å². The maximum atomic E-state index is 12.4. The van der Waals surface area contributed by atoms with Crippen LogP contribution >= 0.6 is 0 Å². The van der Waals surface area contributed by atoms with Gasteiger partial charge in [-0.3, -0.25) is 9.59 Å². The van der Waals surface area contributed by atoms with E-state index in [4.69, 9.17) is 4.52 Å². The SMILES string of the molecule is Cc1ccc(-c2noc(CNC(=O)c3ccc(CN4CCCC4=O)cc3)n2)cc1. The van der Waals surface area contributed by atoms with Crippen LogP contribution in [0.4, 0.5) is 0 Å². The van der Waals surface area contributed by atoms with Gasteiger partial charge in [0.25, 0.3) is 5.91 Å². The van der Waals surface area contributed by atoms with Gasteiger partial charge in [-0.1, -0.05) is 47.1 Å². The van der Waals surface area contributed by atoms with Gasteiger partial charge in [-0.25, -0.2) is 0 Å². The van der Waals surface area contributed by atoms with Crippen molar-refractivity contribution in [3.8, 4) is 11.4 Å². The summed E-state index contributed by atoms with van der Waals surface area (Å²) in [6.07, 6.45) is 1.54. The highest BCUT2D eigenvalue weighted by Crippen LogP contribution is 2.17. The molecule has 0 radical (unpaired) electrons. The van der Waals surface area contributed by atoms with Crippen LogP contribution in [0.3, 0.4) is 0 Å². The molecule has 1 aromatic heterocycles. The predicted octanol–water partition coefficient (Wildman–Crippen LogP) is 3.10. The van der Waals surface area contributed by atoms with E-state index in [1.54, 1.807) is 12.1 Å². The number of rotatable bonds is 6. The van der Waals surface area contributed by atoms with E-state index in [1.807, 2.05) is 48.2 Å². The van der Waals surface area contributed by atoms with Gasteiger partial charge in [0.15, 0.2) is 0 Å². The lowest BCUT2D eigenvalue weighted by Gasteiger charge is -2.15. The quantitative estimate of drug-likeness (QED) is 0.699. The molecule has 1 aliphatic heterocycles. The number of benzene rings is 2. The van der Waals surface area contributed by atoms with Crippen molar-refractivity contribution in [1.82, 2.24) is 20.4 Å². The molecule has 0 spiro atoms. The molecular weight excluding hydrogens is 368 g/mol. The van der Waals surface area contributed by atoms with E-state index in [0.717, 1.165) is 29.7 Å². The smallest absolute Gasteiger partial charge is 0.251 e. The van der Waals surface area contributed by atoms with Crippen LogP contribution in [-0.4, -0.2) is 33.4 Å². The number of carbonyl (C=O) groups is 2. The monoisotopic (exact) mass is 390 g/mol. The van der Waals surface area contributed by atoms with Crippen LogP contribution in [0.2, 0.25) is 0 Å². The molecule has 0 bridgehead atoms. The molecular formula is C22H22N4O3. The summed E-state index contributed by atoms with van der Waals surface area (Å²) in [5, 5.41) is 6.75. The molecule has 4 rings (SSSR count). The summed E-state index contributed by atoms with van der Waals surface area (Å²) in [4.78, 5) is 30.3. The molecule has 2 aromatic carbocycles. The van der Waals surface area contributed by atoms with Crippen molar-refractivity contribution in [2.24, 2.45) is 0 Å². The summed E-state index contributed by atoms with van der Waals surface area (Å²) in [7, 11) is 0. The maximum absolute atomic E-state index is 12.4. The Labute approximate surface area is 168 Å². The molecule has 2 amide bonds. The van der Waals surface area contributed by atoms with Crippen molar-refractivity contribution in [3.05, 3.63) is 71.1 Å². The molecule has 0 atom stereocenters. The van der Waals surface area contributed by atoms with Crippen molar-refractivity contribution in [2.75, 3.05) is 6.54 Å². The average Bonchev–Trinajstić information content (AvgIpc) is 3.37. The fraction of sp³-hybridized carbons (Fsp3) is 0.273. The van der Waals surface area contributed by atoms with E-state index in [-0.39, 0.29) is 18.4 Å². The molecule has 7 nitrogen and oxygen atoms in total. The number of hydrogen-bond donors (Lipinski definition) is 1. The number of aromatic nitrogens is 2.